The first-order valence-corrected chi connectivity index (χ1v) is 5.78. The first-order valence-electron chi connectivity index (χ1n) is 5.02. The van der Waals surface area contributed by atoms with Gasteiger partial charge in [-0.3, -0.25) is 0 Å². The molecule has 1 rings (SSSR count). The quantitative estimate of drug-likeness (QED) is 0.908. The van der Waals surface area contributed by atoms with E-state index in [1.165, 1.54) is 6.07 Å². The Morgan fingerprint density at radius 2 is 1.83 bits per heavy atom. The maximum absolute atomic E-state index is 12.8. The first-order chi connectivity index (χ1) is 8.11. The Morgan fingerprint density at radius 1 is 1.28 bits per heavy atom. The SMILES string of the molecule is CCOc1c(Cl)cc(Cl)cc1C(C)(O)C(F)(F)F. The van der Waals surface area contributed by atoms with E-state index in [0.29, 0.717) is 6.92 Å². The molecule has 0 saturated carbocycles. The van der Waals surface area contributed by atoms with Crippen LogP contribution in [0.2, 0.25) is 10.0 Å². The van der Waals surface area contributed by atoms with Crippen molar-refractivity contribution in [2.24, 2.45) is 0 Å². The Labute approximate surface area is 112 Å². The van der Waals surface area contributed by atoms with Crippen molar-refractivity contribution in [2.75, 3.05) is 6.61 Å². The van der Waals surface area contributed by atoms with Crippen LogP contribution in [0.25, 0.3) is 0 Å². The number of benzene rings is 1. The topological polar surface area (TPSA) is 29.5 Å². The second-order valence-electron chi connectivity index (χ2n) is 3.77. The predicted molar refractivity (Wildman–Crippen MR) is 63.3 cm³/mol. The second kappa shape index (κ2) is 5.15. The standard InChI is InChI=1S/C11H11Cl2F3O2/c1-3-18-9-7(4-6(12)5-8(9)13)10(2,17)11(14,15)16/h4-5,17H,3H2,1-2H3. The van der Waals surface area contributed by atoms with Crippen LogP contribution in [0.15, 0.2) is 12.1 Å². The van der Waals surface area contributed by atoms with Crippen molar-refractivity contribution in [2.45, 2.75) is 25.6 Å². The van der Waals surface area contributed by atoms with E-state index in [4.69, 9.17) is 27.9 Å². The van der Waals surface area contributed by atoms with Gasteiger partial charge < -0.3 is 9.84 Å². The Balaban J connectivity index is 3.47. The average Bonchev–Trinajstić information content (AvgIpc) is 2.19. The van der Waals surface area contributed by atoms with Gasteiger partial charge in [-0.05, 0) is 26.0 Å². The molecule has 7 heteroatoms. The molecule has 18 heavy (non-hydrogen) atoms. The molecule has 1 aromatic carbocycles. The van der Waals surface area contributed by atoms with Gasteiger partial charge in [0.1, 0.15) is 5.75 Å². The smallest absolute Gasteiger partial charge is 0.421 e. The van der Waals surface area contributed by atoms with Gasteiger partial charge in [-0.2, -0.15) is 13.2 Å². The molecule has 0 fully saturated rings. The Kier molecular flexibility index (Phi) is 4.41. The molecule has 0 aliphatic rings. The summed E-state index contributed by atoms with van der Waals surface area (Å²) in [4.78, 5) is 0. The molecule has 0 saturated heterocycles. The third-order valence-corrected chi connectivity index (χ3v) is 2.87. The second-order valence-corrected chi connectivity index (χ2v) is 4.61. The van der Waals surface area contributed by atoms with Crippen molar-refractivity contribution < 1.29 is 23.0 Å². The van der Waals surface area contributed by atoms with Gasteiger partial charge in [0.15, 0.2) is 5.60 Å². The van der Waals surface area contributed by atoms with Crippen molar-refractivity contribution >= 4 is 23.2 Å². The summed E-state index contributed by atoms with van der Waals surface area (Å²) < 4.78 is 43.5. The number of hydrogen-bond acceptors (Lipinski definition) is 2. The summed E-state index contributed by atoms with van der Waals surface area (Å²) >= 11 is 11.4. The van der Waals surface area contributed by atoms with Crippen LogP contribution in [-0.2, 0) is 5.60 Å². The lowest BCUT2D eigenvalue weighted by Crippen LogP contribution is -2.39. The van der Waals surface area contributed by atoms with Gasteiger partial charge in [-0.1, -0.05) is 23.2 Å². The summed E-state index contributed by atoms with van der Waals surface area (Å²) in [5.41, 5.74) is -3.60. The van der Waals surface area contributed by atoms with E-state index in [9.17, 15) is 18.3 Å². The number of hydrogen-bond donors (Lipinski definition) is 1. The molecule has 0 radical (unpaired) electrons. The molecule has 1 atom stereocenters. The van der Waals surface area contributed by atoms with Gasteiger partial charge in [-0.15, -0.1) is 0 Å². The highest BCUT2D eigenvalue weighted by Crippen LogP contribution is 2.45. The van der Waals surface area contributed by atoms with E-state index in [1.807, 2.05) is 0 Å². The molecule has 102 valence electrons. The van der Waals surface area contributed by atoms with Crippen LogP contribution in [-0.4, -0.2) is 17.9 Å². The summed E-state index contributed by atoms with van der Waals surface area (Å²) in [7, 11) is 0. The van der Waals surface area contributed by atoms with Gasteiger partial charge in [0, 0.05) is 10.6 Å². The van der Waals surface area contributed by atoms with Gasteiger partial charge in [0.2, 0.25) is 0 Å². The zero-order chi connectivity index (χ0) is 14.1. The Bertz CT molecular complexity index is 445. The minimum Gasteiger partial charge on any atom is -0.492 e. The van der Waals surface area contributed by atoms with Gasteiger partial charge in [0.05, 0.1) is 11.6 Å². The third kappa shape index (κ3) is 2.84. The third-order valence-electron chi connectivity index (χ3n) is 2.37. The number of ether oxygens (including phenoxy) is 1. The van der Waals surface area contributed by atoms with Crippen LogP contribution in [0.3, 0.4) is 0 Å². The monoisotopic (exact) mass is 302 g/mol. The average molecular weight is 303 g/mol. The number of halogens is 5. The predicted octanol–water partition coefficient (Wildman–Crippen LogP) is 4.16. The summed E-state index contributed by atoms with van der Waals surface area (Å²) in [6.07, 6.45) is -4.87. The van der Waals surface area contributed by atoms with Crippen LogP contribution in [0.4, 0.5) is 13.2 Å². The Hall–Kier alpha value is -0.650. The fraction of sp³-hybridized carbons (Fsp3) is 0.455. The molecule has 1 aromatic rings. The lowest BCUT2D eigenvalue weighted by atomic mass is 9.94. The van der Waals surface area contributed by atoms with E-state index in [2.05, 4.69) is 0 Å². The molecule has 0 aromatic heterocycles. The van der Waals surface area contributed by atoms with E-state index in [0.717, 1.165) is 6.07 Å². The molecule has 0 amide bonds. The highest BCUT2D eigenvalue weighted by atomic mass is 35.5. The van der Waals surface area contributed by atoms with Crippen molar-refractivity contribution in [3.63, 3.8) is 0 Å². The van der Waals surface area contributed by atoms with Crippen molar-refractivity contribution in [1.29, 1.82) is 0 Å². The minimum absolute atomic E-state index is 0.0111. The largest absolute Gasteiger partial charge is 0.492 e. The molecule has 0 aliphatic carbocycles. The lowest BCUT2D eigenvalue weighted by Gasteiger charge is -2.29. The zero-order valence-corrected chi connectivity index (χ0v) is 11.1. The van der Waals surface area contributed by atoms with Gasteiger partial charge in [0.25, 0.3) is 0 Å². The van der Waals surface area contributed by atoms with Crippen LogP contribution in [0.5, 0.6) is 5.75 Å². The Morgan fingerprint density at radius 3 is 2.28 bits per heavy atom. The molecule has 0 bridgehead atoms. The molecule has 0 spiro atoms. The van der Waals surface area contributed by atoms with E-state index in [-0.39, 0.29) is 22.4 Å². The molecule has 0 heterocycles. The normalized spacial score (nSPS) is 15.3. The highest BCUT2D eigenvalue weighted by Gasteiger charge is 2.53. The lowest BCUT2D eigenvalue weighted by molar-refractivity contribution is -0.259. The van der Waals surface area contributed by atoms with Crippen molar-refractivity contribution in [1.82, 2.24) is 0 Å². The highest BCUT2D eigenvalue weighted by molar-refractivity contribution is 6.35. The summed E-state index contributed by atoms with van der Waals surface area (Å²) in [5, 5.41) is 9.57. The van der Waals surface area contributed by atoms with E-state index >= 15 is 0 Å². The van der Waals surface area contributed by atoms with Crippen LogP contribution < -0.4 is 4.74 Å². The fourth-order valence-electron chi connectivity index (χ4n) is 1.37. The van der Waals surface area contributed by atoms with Crippen LogP contribution in [0.1, 0.15) is 19.4 Å². The maximum Gasteiger partial charge on any atom is 0.421 e. The summed E-state index contributed by atoms with van der Waals surface area (Å²) in [6, 6.07) is 2.25. The van der Waals surface area contributed by atoms with Crippen LogP contribution >= 0.6 is 23.2 Å². The fourth-order valence-corrected chi connectivity index (χ4v) is 1.91. The van der Waals surface area contributed by atoms with Crippen LogP contribution in [0, 0.1) is 0 Å². The molecular formula is C11H11Cl2F3O2. The molecule has 1 N–H and O–H groups in total. The molecule has 0 aliphatic heterocycles. The number of aliphatic hydroxyl groups is 1. The minimum atomic E-state index is -4.87. The maximum atomic E-state index is 12.8. The molecular weight excluding hydrogens is 292 g/mol. The van der Waals surface area contributed by atoms with Gasteiger partial charge in [-0.25, -0.2) is 0 Å². The van der Waals surface area contributed by atoms with Crippen molar-refractivity contribution in [3.05, 3.63) is 27.7 Å². The van der Waals surface area contributed by atoms with Gasteiger partial charge >= 0.3 is 6.18 Å². The summed E-state index contributed by atoms with van der Waals surface area (Å²) in [6.45, 7) is 2.33. The molecule has 2 nitrogen and oxygen atoms in total. The number of alkyl halides is 3. The number of rotatable bonds is 3. The van der Waals surface area contributed by atoms with E-state index < -0.39 is 17.3 Å². The van der Waals surface area contributed by atoms with E-state index in [1.54, 1.807) is 6.92 Å². The summed E-state index contributed by atoms with van der Waals surface area (Å²) in [5.74, 6) is -0.217. The molecule has 1 unspecified atom stereocenters. The zero-order valence-electron chi connectivity index (χ0n) is 9.61. The van der Waals surface area contributed by atoms with Crippen molar-refractivity contribution in [3.8, 4) is 5.75 Å². The first kappa shape index (κ1) is 15.4.